The second-order valence-corrected chi connectivity index (χ2v) is 6.37. The summed E-state index contributed by atoms with van der Waals surface area (Å²) < 4.78 is 5.62. The molecule has 0 fully saturated rings. The number of thiazole rings is 1. The molecule has 3 rings (SSSR count). The van der Waals surface area contributed by atoms with E-state index in [1.54, 1.807) is 18.1 Å². The Balaban J connectivity index is 1.49. The first kappa shape index (κ1) is 17.1. The highest BCUT2D eigenvalue weighted by Gasteiger charge is 2.13. The fraction of sp³-hybridized carbons (Fsp3) is 0.211. The fourth-order valence-corrected chi connectivity index (χ4v) is 3.02. The largest absolute Gasteiger partial charge is 0.492 e. The molecule has 0 unspecified atom stereocenters. The van der Waals surface area contributed by atoms with Gasteiger partial charge in [0.15, 0.2) is 0 Å². The molecule has 2 aromatic heterocycles. The van der Waals surface area contributed by atoms with Crippen LogP contribution in [0.4, 0.5) is 0 Å². The van der Waals surface area contributed by atoms with E-state index < -0.39 is 0 Å². The van der Waals surface area contributed by atoms with Gasteiger partial charge in [-0.1, -0.05) is 24.3 Å². The Morgan fingerprint density at radius 2 is 1.96 bits per heavy atom. The van der Waals surface area contributed by atoms with E-state index in [1.807, 2.05) is 53.9 Å². The summed E-state index contributed by atoms with van der Waals surface area (Å²) in [5.41, 5.74) is 1.60. The summed E-state index contributed by atoms with van der Waals surface area (Å²) in [5, 5.41) is 2.74. The van der Waals surface area contributed by atoms with Crippen molar-refractivity contribution >= 4 is 17.2 Å². The Morgan fingerprint density at radius 1 is 1.16 bits per heavy atom. The third kappa shape index (κ3) is 4.87. The van der Waals surface area contributed by atoms with E-state index in [0.29, 0.717) is 13.2 Å². The molecule has 0 spiro atoms. The van der Waals surface area contributed by atoms with Crippen molar-refractivity contribution in [2.24, 2.45) is 0 Å². The molecule has 3 aromatic rings. The minimum atomic E-state index is 0.0227. The Hall–Kier alpha value is -2.73. The molecule has 0 atom stereocenters. The zero-order valence-electron chi connectivity index (χ0n) is 14.0. The number of carbonyl (C=O) groups is 1. The van der Waals surface area contributed by atoms with Crippen LogP contribution < -0.4 is 4.74 Å². The Morgan fingerprint density at radius 3 is 2.72 bits per heavy atom. The SMILES string of the molecule is CN(CCOc1ccccc1)C(=O)Cc1csc(-c2ccccn2)n1. The fourth-order valence-electron chi connectivity index (χ4n) is 2.23. The number of para-hydroxylation sites is 1. The van der Waals surface area contributed by atoms with E-state index in [-0.39, 0.29) is 12.3 Å². The molecular formula is C19H19N3O2S. The molecule has 0 N–H and O–H groups in total. The lowest BCUT2D eigenvalue weighted by molar-refractivity contribution is -0.129. The van der Waals surface area contributed by atoms with Crippen molar-refractivity contribution in [3.63, 3.8) is 0 Å². The van der Waals surface area contributed by atoms with Crippen molar-refractivity contribution in [1.82, 2.24) is 14.9 Å². The van der Waals surface area contributed by atoms with Gasteiger partial charge in [0, 0.05) is 18.6 Å². The third-order valence-corrected chi connectivity index (χ3v) is 4.55. The van der Waals surface area contributed by atoms with Crippen molar-refractivity contribution in [3.8, 4) is 16.5 Å². The molecule has 0 aliphatic heterocycles. The summed E-state index contributed by atoms with van der Waals surface area (Å²) >= 11 is 1.50. The molecule has 1 amide bonds. The Bertz CT molecular complexity index is 806. The maximum atomic E-state index is 12.3. The molecule has 0 bridgehead atoms. The maximum absolute atomic E-state index is 12.3. The predicted octanol–water partition coefficient (Wildman–Crippen LogP) is 3.29. The molecule has 1 aromatic carbocycles. The van der Waals surface area contributed by atoms with E-state index in [9.17, 15) is 4.79 Å². The number of benzene rings is 1. The van der Waals surface area contributed by atoms with Crippen LogP contribution in [0.25, 0.3) is 10.7 Å². The Kier molecular flexibility index (Phi) is 5.74. The normalized spacial score (nSPS) is 10.4. The van der Waals surface area contributed by atoms with Crippen LogP contribution >= 0.6 is 11.3 Å². The average Bonchev–Trinajstić information content (AvgIpc) is 3.12. The quantitative estimate of drug-likeness (QED) is 0.654. The first-order valence-corrected chi connectivity index (χ1v) is 8.88. The number of nitrogens with zero attached hydrogens (tertiary/aromatic N) is 3. The molecule has 0 saturated carbocycles. The monoisotopic (exact) mass is 353 g/mol. The lowest BCUT2D eigenvalue weighted by Crippen LogP contribution is -2.32. The van der Waals surface area contributed by atoms with Gasteiger partial charge in [-0.25, -0.2) is 4.98 Å². The van der Waals surface area contributed by atoms with Gasteiger partial charge in [0.25, 0.3) is 0 Å². The van der Waals surface area contributed by atoms with Gasteiger partial charge in [0.2, 0.25) is 5.91 Å². The summed E-state index contributed by atoms with van der Waals surface area (Å²) in [6.07, 6.45) is 2.02. The zero-order chi connectivity index (χ0) is 17.5. The molecule has 0 saturated heterocycles. The van der Waals surface area contributed by atoms with Crippen LogP contribution in [-0.2, 0) is 11.2 Å². The van der Waals surface area contributed by atoms with Crippen LogP contribution in [0.3, 0.4) is 0 Å². The summed E-state index contributed by atoms with van der Waals surface area (Å²) in [6, 6.07) is 15.3. The van der Waals surface area contributed by atoms with Gasteiger partial charge in [0.1, 0.15) is 17.4 Å². The maximum Gasteiger partial charge on any atom is 0.228 e. The van der Waals surface area contributed by atoms with Crippen molar-refractivity contribution < 1.29 is 9.53 Å². The van der Waals surface area contributed by atoms with E-state index >= 15 is 0 Å². The molecule has 128 valence electrons. The van der Waals surface area contributed by atoms with Crippen molar-refractivity contribution in [1.29, 1.82) is 0 Å². The van der Waals surface area contributed by atoms with Crippen molar-refractivity contribution in [2.75, 3.05) is 20.2 Å². The predicted molar refractivity (Wildman–Crippen MR) is 98.6 cm³/mol. The second-order valence-electron chi connectivity index (χ2n) is 5.51. The number of hydrogen-bond acceptors (Lipinski definition) is 5. The minimum absolute atomic E-state index is 0.0227. The molecule has 0 radical (unpaired) electrons. The number of likely N-dealkylation sites (N-methyl/N-ethyl adjacent to an activating group) is 1. The van der Waals surface area contributed by atoms with Crippen molar-refractivity contribution in [2.45, 2.75) is 6.42 Å². The molecule has 25 heavy (non-hydrogen) atoms. The number of amides is 1. The van der Waals surface area contributed by atoms with Gasteiger partial charge >= 0.3 is 0 Å². The Labute approximate surface area is 150 Å². The zero-order valence-corrected chi connectivity index (χ0v) is 14.8. The molecule has 2 heterocycles. The number of carbonyl (C=O) groups excluding carboxylic acids is 1. The van der Waals surface area contributed by atoms with E-state index in [0.717, 1.165) is 22.1 Å². The highest BCUT2D eigenvalue weighted by atomic mass is 32.1. The second kappa shape index (κ2) is 8.39. The standard InChI is InChI=1S/C19H19N3O2S/c1-22(11-12-24-16-7-3-2-4-8-16)18(23)13-15-14-25-19(21-15)17-9-5-6-10-20-17/h2-10,14H,11-13H2,1H3. The molecule has 6 heteroatoms. The highest BCUT2D eigenvalue weighted by Crippen LogP contribution is 2.21. The van der Waals surface area contributed by atoms with Gasteiger partial charge < -0.3 is 9.64 Å². The van der Waals surface area contributed by atoms with Gasteiger partial charge in [0.05, 0.1) is 24.4 Å². The molecular weight excluding hydrogens is 334 g/mol. The number of hydrogen-bond donors (Lipinski definition) is 0. The number of aromatic nitrogens is 2. The van der Waals surface area contributed by atoms with Crippen LogP contribution in [0.15, 0.2) is 60.1 Å². The van der Waals surface area contributed by atoms with Gasteiger partial charge in [-0.05, 0) is 24.3 Å². The van der Waals surface area contributed by atoms with Crippen molar-refractivity contribution in [3.05, 3.63) is 65.8 Å². The van der Waals surface area contributed by atoms with Gasteiger partial charge in [-0.3, -0.25) is 9.78 Å². The van der Waals surface area contributed by atoms with Crippen LogP contribution in [0.5, 0.6) is 5.75 Å². The summed E-state index contributed by atoms with van der Waals surface area (Å²) in [7, 11) is 1.78. The lowest BCUT2D eigenvalue weighted by Gasteiger charge is -2.17. The number of pyridine rings is 1. The topological polar surface area (TPSA) is 55.3 Å². The molecule has 0 aliphatic carbocycles. The van der Waals surface area contributed by atoms with E-state index in [2.05, 4.69) is 9.97 Å². The first-order chi connectivity index (χ1) is 12.2. The number of rotatable bonds is 7. The molecule has 0 aliphatic rings. The lowest BCUT2D eigenvalue weighted by atomic mass is 10.3. The summed E-state index contributed by atoms with van der Waals surface area (Å²) in [5.74, 6) is 0.831. The third-order valence-electron chi connectivity index (χ3n) is 3.63. The summed E-state index contributed by atoms with van der Waals surface area (Å²) in [6.45, 7) is 0.994. The van der Waals surface area contributed by atoms with Gasteiger partial charge in [-0.2, -0.15) is 0 Å². The number of ether oxygens (including phenoxy) is 1. The minimum Gasteiger partial charge on any atom is -0.492 e. The van der Waals surface area contributed by atoms with Crippen LogP contribution in [-0.4, -0.2) is 41.0 Å². The summed E-state index contributed by atoms with van der Waals surface area (Å²) in [4.78, 5) is 22.8. The van der Waals surface area contributed by atoms with E-state index in [1.165, 1.54) is 11.3 Å². The van der Waals surface area contributed by atoms with E-state index in [4.69, 9.17) is 4.74 Å². The van der Waals surface area contributed by atoms with Crippen LogP contribution in [0.1, 0.15) is 5.69 Å². The van der Waals surface area contributed by atoms with Crippen LogP contribution in [0, 0.1) is 0 Å². The van der Waals surface area contributed by atoms with Gasteiger partial charge in [-0.15, -0.1) is 11.3 Å². The smallest absolute Gasteiger partial charge is 0.228 e. The molecule has 5 nitrogen and oxygen atoms in total. The average molecular weight is 353 g/mol. The first-order valence-electron chi connectivity index (χ1n) is 8.00. The van der Waals surface area contributed by atoms with Crippen LogP contribution in [0.2, 0.25) is 0 Å². The highest BCUT2D eigenvalue weighted by molar-refractivity contribution is 7.13.